The number of imidazole rings is 1. The molecule has 1 N–H and O–H groups in total. The van der Waals surface area contributed by atoms with Crippen LogP contribution in [0.3, 0.4) is 0 Å². The van der Waals surface area contributed by atoms with Crippen molar-refractivity contribution in [1.29, 1.82) is 5.26 Å². The number of carboxylic acid groups (broad SMARTS) is 1. The average molecular weight is 193 g/mol. The smallest absolute Gasteiger partial charge is 0.354 e. The Morgan fingerprint density at radius 1 is 1.79 bits per heavy atom. The first-order valence-corrected chi connectivity index (χ1v) is 4.29. The zero-order valence-electron chi connectivity index (χ0n) is 7.90. The van der Waals surface area contributed by atoms with E-state index in [9.17, 15) is 4.79 Å². The zero-order valence-corrected chi connectivity index (χ0v) is 7.90. The lowest BCUT2D eigenvalue weighted by molar-refractivity contribution is 0.0684. The number of aromatic carboxylic acids is 1. The van der Waals surface area contributed by atoms with Gasteiger partial charge in [0.2, 0.25) is 0 Å². The highest BCUT2D eigenvalue weighted by Gasteiger charge is 2.12. The van der Waals surface area contributed by atoms with E-state index in [0.717, 1.165) is 0 Å². The Bertz CT molecular complexity index is 376. The summed E-state index contributed by atoms with van der Waals surface area (Å²) in [5.41, 5.74) is 0.181. The van der Waals surface area contributed by atoms with E-state index in [0.29, 0.717) is 25.2 Å². The molecule has 0 aliphatic rings. The standard InChI is InChI=1S/C9H11N3O2/c1-7-11-6-8(9(13)14)12(7)5-3-2-4-10/h6H,2-3,5H2,1H3,(H,13,14). The number of nitriles is 1. The lowest BCUT2D eigenvalue weighted by atomic mass is 10.3. The molecule has 0 bridgehead atoms. The monoisotopic (exact) mass is 193 g/mol. The number of aromatic nitrogens is 2. The van der Waals surface area contributed by atoms with Gasteiger partial charge in [-0.3, -0.25) is 0 Å². The highest BCUT2D eigenvalue weighted by molar-refractivity contribution is 5.85. The maximum Gasteiger partial charge on any atom is 0.354 e. The fourth-order valence-corrected chi connectivity index (χ4v) is 1.24. The summed E-state index contributed by atoms with van der Waals surface area (Å²) in [4.78, 5) is 14.7. The molecule has 5 heteroatoms. The number of nitrogens with zero attached hydrogens (tertiary/aromatic N) is 3. The summed E-state index contributed by atoms with van der Waals surface area (Å²) in [6.07, 6.45) is 2.41. The Morgan fingerprint density at radius 2 is 2.50 bits per heavy atom. The molecule has 0 saturated carbocycles. The summed E-state index contributed by atoms with van der Waals surface area (Å²) in [5.74, 6) is -0.317. The summed E-state index contributed by atoms with van der Waals surface area (Å²) in [5, 5.41) is 17.2. The SMILES string of the molecule is Cc1ncc(C(=O)O)n1CCCC#N. The third kappa shape index (κ3) is 2.10. The van der Waals surface area contributed by atoms with Crippen LogP contribution >= 0.6 is 0 Å². The lowest BCUT2D eigenvalue weighted by Gasteiger charge is -2.05. The van der Waals surface area contributed by atoms with Crippen molar-refractivity contribution in [2.75, 3.05) is 0 Å². The molecule has 14 heavy (non-hydrogen) atoms. The van der Waals surface area contributed by atoms with Gasteiger partial charge in [-0.05, 0) is 13.3 Å². The summed E-state index contributed by atoms with van der Waals surface area (Å²) < 4.78 is 1.61. The van der Waals surface area contributed by atoms with Gasteiger partial charge in [0.1, 0.15) is 11.5 Å². The molecule has 1 aromatic heterocycles. The van der Waals surface area contributed by atoms with Crippen LogP contribution in [0.15, 0.2) is 6.20 Å². The first-order chi connectivity index (χ1) is 6.66. The van der Waals surface area contributed by atoms with Crippen molar-refractivity contribution in [3.05, 3.63) is 17.7 Å². The summed E-state index contributed by atoms with van der Waals surface area (Å²) in [6.45, 7) is 2.28. The van der Waals surface area contributed by atoms with Crippen LogP contribution in [0, 0.1) is 18.3 Å². The molecule has 0 spiro atoms. The van der Waals surface area contributed by atoms with Crippen LogP contribution in [0.4, 0.5) is 0 Å². The quantitative estimate of drug-likeness (QED) is 0.728. The normalized spacial score (nSPS) is 9.71. The summed E-state index contributed by atoms with van der Waals surface area (Å²) in [7, 11) is 0. The number of rotatable bonds is 4. The molecule has 1 rings (SSSR count). The minimum Gasteiger partial charge on any atom is -0.477 e. The van der Waals surface area contributed by atoms with Crippen LogP contribution in [0.1, 0.15) is 29.2 Å². The number of carbonyl (C=O) groups is 1. The van der Waals surface area contributed by atoms with Gasteiger partial charge in [-0.15, -0.1) is 0 Å². The van der Waals surface area contributed by atoms with E-state index < -0.39 is 5.97 Å². The van der Waals surface area contributed by atoms with Crippen LogP contribution in [-0.4, -0.2) is 20.6 Å². The maximum atomic E-state index is 10.7. The van der Waals surface area contributed by atoms with Gasteiger partial charge in [0.15, 0.2) is 0 Å². The highest BCUT2D eigenvalue weighted by atomic mass is 16.4. The number of aryl methyl sites for hydroxylation is 1. The molecule has 0 aromatic carbocycles. The molecule has 0 amide bonds. The van der Waals surface area contributed by atoms with Crippen molar-refractivity contribution < 1.29 is 9.90 Å². The average Bonchev–Trinajstić information content (AvgIpc) is 2.48. The largest absolute Gasteiger partial charge is 0.477 e. The Morgan fingerprint density at radius 3 is 3.07 bits per heavy atom. The van der Waals surface area contributed by atoms with E-state index >= 15 is 0 Å². The molecule has 1 aromatic rings. The molecule has 74 valence electrons. The topological polar surface area (TPSA) is 78.9 Å². The van der Waals surface area contributed by atoms with Crippen molar-refractivity contribution in [3.63, 3.8) is 0 Å². The molecule has 5 nitrogen and oxygen atoms in total. The van der Waals surface area contributed by atoms with Crippen molar-refractivity contribution in [2.24, 2.45) is 0 Å². The second kappa shape index (κ2) is 4.42. The maximum absolute atomic E-state index is 10.7. The van der Waals surface area contributed by atoms with Crippen LogP contribution < -0.4 is 0 Å². The zero-order chi connectivity index (χ0) is 10.6. The molecule has 0 atom stereocenters. The third-order valence-corrected chi connectivity index (χ3v) is 1.94. The predicted octanol–water partition coefficient (Wildman–Crippen LogP) is 1.19. The second-order valence-electron chi connectivity index (χ2n) is 2.91. The van der Waals surface area contributed by atoms with Crippen LogP contribution in [0.25, 0.3) is 0 Å². The van der Waals surface area contributed by atoms with E-state index in [2.05, 4.69) is 4.98 Å². The lowest BCUT2D eigenvalue weighted by Crippen LogP contribution is -2.09. The first kappa shape index (κ1) is 10.3. The van der Waals surface area contributed by atoms with E-state index in [1.165, 1.54) is 6.20 Å². The Kier molecular flexibility index (Phi) is 3.24. The van der Waals surface area contributed by atoms with Gasteiger partial charge in [-0.2, -0.15) is 5.26 Å². The minimum absolute atomic E-state index is 0.181. The van der Waals surface area contributed by atoms with Crippen LogP contribution in [0.2, 0.25) is 0 Å². The third-order valence-electron chi connectivity index (χ3n) is 1.94. The fraction of sp³-hybridized carbons (Fsp3) is 0.444. The van der Waals surface area contributed by atoms with Gasteiger partial charge in [-0.1, -0.05) is 0 Å². The minimum atomic E-state index is -0.984. The molecule has 0 aliphatic carbocycles. The predicted molar refractivity (Wildman–Crippen MR) is 48.8 cm³/mol. The molecular weight excluding hydrogens is 182 g/mol. The molecule has 0 unspecified atom stereocenters. The molecule has 1 heterocycles. The second-order valence-corrected chi connectivity index (χ2v) is 2.91. The summed E-state index contributed by atoms with van der Waals surface area (Å²) in [6, 6.07) is 2.02. The fourth-order valence-electron chi connectivity index (χ4n) is 1.24. The van der Waals surface area contributed by atoms with Gasteiger partial charge in [0.25, 0.3) is 0 Å². The van der Waals surface area contributed by atoms with Gasteiger partial charge in [-0.25, -0.2) is 9.78 Å². The van der Waals surface area contributed by atoms with Crippen molar-refractivity contribution >= 4 is 5.97 Å². The van der Waals surface area contributed by atoms with Gasteiger partial charge in [0, 0.05) is 13.0 Å². The van der Waals surface area contributed by atoms with Gasteiger partial charge < -0.3 is 9.67 Å². The number of carboxylic acids is 1. The highest BCUT2D eigenvalue weighted by Crippen LogP contribution is 2.06. The van der Waals surface area contributed by atoms with E-state index in [1.54, 1.807) is 11.5 Å². The van der Waals surface area contributed by atoms with Crippen LogP contribution in [-0.2, 0) is 6.54 Å². The molecule has 0 saturated heterocycles. The molecule has 0 aliphatic heterocycles. The number of hydrogen-bond acceptors (Lipinski definition) is 3. The van der Waals surface area contributed by atoms with E-state index in [4.69, 9.17) is 10.4 Å². The van der Waals surface area contributed by atoms with Crippen molar-refractivity contribution in [1.82, 2.24) is 9.55 Å². The van der Waals surface area contributed by atoms with E-state index in [1.807, 2.05) is 6.07 Å². The Hall–Kier alpha value is -1.83. The Labute approximate surface area is 81.6 Å². The van der Waals surface area contributed by atoms with Crippen molar-refractivity contribution in [2.45, 2.75) is 26.3 Å². The van der Waals surface area contributed by atoms with Crippen LogP contribution in [0.5, 0.6) is 0 Å². The first-order valence-electron chi connectivity index (χ1n) is 4.29. The van der Waals surface area contributed by atoms with Gasteiger partial charge >= 0.3 is 5.97 Å². The van der Waals surface area contributed by atoms with Gasteiger partial charge in [0.05, 0.1) is 12.3 Å². The Balaban J connectivity index is 2.79. The molecule has 0 fully saturated rings. The summed E-state index contributed by atoms with van der Waals surface area (Å²) >= 11 is 0. The molecular formula is C9H11N3O2. The number of hydrogen-bond donors (Lipinski definition) is 1. The number of unbranched alkanes of at least 4 members (excludes halogenated alkanes) is 1. The van der Waals surface area contributed by atoms with E-state index in [-0.39, 0.29) is 5.69 Å². The molecule has 0 radical (unpaired) electrons. The van der Waals surface area contributed by atoms with Crippen molar-refractivity contribution in [3.8, 4) is 6.07 Å².